The number of rotatable bonds is 7. The molecule has 0 saturated heterocycles. The van der Waals surface area contributed by atoms with Crippen LogP contribution in [0.15, 0.2) is 56.7 Å². The van der Waals surface area contributed by atoms with E-state index in [-0.39, 0.29) is 11.2 Å². The van der Waals surface area contributed by atoms with E-state index in [1.54, 1.807) is 12.3 Å². The SMILES string of the molecule is Cc1occc1-c1nnc(S[C@H](C)C(=O)NCCc2ccccc2)o1. The van der Waals surface area contributed by atoms with Crippen molar-refractivity contribution in [3.63, 3.8) is 0 Å². The predicted octanol–water partition coefficient (Wildman–Crippen LogP) is 3.48. The minimum Gasteiger partial charge on any atom is -0.469 e. The van der Waals surface area contributed by atoms with Crippen LogP contribution in [0.1, 0.15) is 18.2 Å². The van der Waals surface area contributed by atoms with Gasteiger partial charge in [0.15, 0.2) is 0 Å². The molecule has 0 aliphatic rings. The first-order valence-corrected chi connectivity index (χ1v) is 8.87. The number of thioether (sulfide) groups is 1. The fourth-order valence-electron chi connectivity index (χ4n) is 2.30. The van der Waals surface area contributed by atoms with E-state index < -0.39 is 0 Å². The average molecular weight is 357 g/mol. The van der Waals surface area contributed by atoms with Crippen LogP contribution in [-0.4, -0.2) is 27.9 Å². The summed E-state index contributed by atoms with van der Waals surface area (Å²) >= 11 is 1.24. The smallest absolute Gasteiger partial charge is 0.277 e. The van der Waals surface area contributed by atoms with Gasteiger partial charge in [0.2, 0.25) is 5.91 Å². The number of nitrogens with zero attached hydrogens (tertiary/aromatic N) is 2. The normalized spacial score (nSPS) is 12.1. The Morgan fingerprint density at radius 1 is 1.24 bits per heavy atom. The van der Waals surface area contributed by atoms with Gasteiger partial charge in [0, 0.05) is 6.54 Å². The molecule has 6 nitrogen and oxygen atoms in total. The molecule has 0 aliphatic heterocycles. The standard InChI is InChI=1S/C18H19N3O3S/c1-12-15(9-11-23-12)17-20-21-18(24-17)25-13(2)16(22)19-10-8-14-6-4-3-5-7-14/h3-7,9,11,13H,8,10H2,1-2H3,(H,19,22)/t13-/m1/s1. The number of hydrogen-bond acceptors (Lipinski definition) is 6. The second-order valence-corrected chi connectivity index (χ2v) is 6.84. The molecule has 3 aromatic rings. The van der Waals surface area contributed by atoms with E-state index in [2.05, 4.69) is 15.5 Å². The summed E-state index contributed by atoms with van der Waals surface area (Å²) in [6, 6.07) is 11.8. The van der Waals surface area contributed by atoms with Gasteiger partial charge >= 0.3 is 0 Å². The number of hydrogen-bond donors (Lipinski definition) is 1. The lowest BCUT2D eigenvalue weighted by Gasteiger charge is -2.09. The molecule has 0 bridgehead atoms. The van der Waals surface area contributed by atoms with Gasteiger partial charge in [0.1, 0.15) is 5.76 Å². The Kier molecular flexibility index (Phi) is 5.55. The summed E-state index contributed by atoms with van der Waals surface area (Å²) in [5, 5.41) is 11.0. The second-order valence-electron chi connectivity index (χ2n) is 5.55. The van der Waals surface area contributed by atoms with Crippen molar-refractivity contribution in [2.45, 2.75) is 30.7 Å². The van der Waals surface area contributed by atoms with Gasteiger partial charge in [-0.1, -0.05) is 42.1 Å². The third kappa shape index (κ3) is 4.51. The van der Waals surface area contributed by atoms with E-state index in [0.29, 0.717) is 23.4 Å². The van der Waals surface area contributed by atoms with Crippen molar-refractivity contribution in [3.05, 3.63) is 54.0 Å². The van der Waals surface area contributed by atoms with Gasteiger partial charge in [0.25, 0.3) is 11.1 Å². The highest BCUT2D eigenvalue weighted by molar-refractivity contribution is 8.00. The molecule has 0 saturated carbocycles. The van der Waals surface area contributed by atoms with Gasteiger partial charge in [-0.2, -0.15) is 0 Å². The molecule has 1 amide bonds. The van der Waals surface area contributed by atoms with Crippen LogP contribution in [-0.2, 0) is 11.2 Å². The summed E-state index contributed by atoms with van der Waals surface area (Å²) in [7, 11) is 0. The van der Waals surface area contributed by atoms with E-state index in [9.17, 15) is 4.79 Å². The van der Waals surface area contributed by atoms with E-state index in [1.165, 1.54) is 17.3 Å². The van der Waals surface area contributed by atoms with Crippen LogP contribution < -0.4 is 5.32 Å². The van der Waals surface area contributed by atoms with Crippen LogP contribution >= 0.6 is 11.8 Å². The number of furan rings is 1. The number of carbonyl (C=O) groups excluding carboxylic acids is 1. The van der Waals surface area contributed by atoms with Gasteiger partial charge in [0.05, 0.1) is 17.1 Å². The maximum Gasteiger partial charge on any atom is 0.277 e. The fraction of sp³-hybridized carbons (Fsp3) is 0.278. The minimum atomic E-state index is -0.325. The van der Waals surface area contributed by atoms with E-state index in [4.69, 9.17) is 8.83 Å². The molecule has 0 unspecified atom stereocenters. The molecule has 0 aliphatic carbocycles. The molecule has 2 aromatic heterocycles. The number of aromatic nitrogens is 2. The highest BCUT2D eigenvalue weighted by atomic mass is 32.2. The molecule has 0 spiro atoms. The Hall–Kier alpha value is -2.54. The van der Waals surface area contributed by atoms with Crippen LogP contribution in [0, 0.1) is 6.92 Å². The second kappa shape index (κ2) is 8.02. The maximum atomic E-state index is 12.2. The molecular formula is C18H19N3O3S. The van der Waals surface area contributed by atoms with Crippen LogP contribution in [0.3, 0.4) is 0 Å². The Balaban J connectivity index is 1.50. The zero-order valence-corrected chi connectivity index (χ0v) is 14.9. The summed E-state index contributed by atoms with van der Waals surface area (Å²) in [5.74, 6) is 1.05. The van der Waals surface area contributed by atoms with Gasteiger partial charge in [-0.05, 0) is 31.9 Å². The van der Waals surface area contributed by atoms with E-state index in [0.717, 1.165) is 12.0 Å². The number of benzene rings is 1. The van der Waals surface area contributed by atoms with Crippen LogP contribution in [0.25, 0.3) is 11.5 Å². The van der Waals surface area contributed by atoms with Gasteiger partial charge in [-0.25, -0.2) is 0 Å². The Labute approximate surface area is 150 Å². The molecule has 0 radical (unpaired) electrons. The Morgan fingerprint density at radius 3 is 2.76 bits per heavy atom. The van der Waals surface area contributed by atoms with Gasteiger partial charge < -0.3 is 14.2 Å². The highest BCUT2D eigenvalue weighted by Crippen LogP contribution is 2.28. The third-order valence-corrected chi connectivity index (χ3v) is 4.63. The molecule has 1 atom stereocenters. The predicted molar refractivity (Wildman–Crippen MR) is 95.2 cm³/mol. The molecule has 3 rings (SSSR count). The van der Waals surface area contributed by atoms with Crippen molar-refractivity contribution in [1.29, 1.82) is 0 Å². The van der Waals surface area contributed by atoms with Crippen molar-refractivity contribution < 1.29 is 13.6 Å². The first-order valence-electron chi connectivity index (χ1n) is 8.00. The van der Waals surface area contributed by atoms with Crippen molar-refractivity contribution >= 4 is 17.7 Å². The summed E-state index contributed by atoms with van der Waals surface area (Å²) < 4.78 is 10.8. The number of nitrogens with one attached hydrogen (secondary N) is 1. The van der Waals surface area contributed by atoms with Crippen molar-refractivity contribution in [1.82, 2.24) is 15.5 Å². The highest BCUT2D eigenvalue weighted by Gasteiger charge is 2.19. The average Bonchev–Trinajstić information content (AvgIpc) is 3.24. The van der Waals surface area contributed by atoms with Crippen LogP contribution in [0.2, 0.25) is 0 Å². The molecule has 130 valence electrons. The zero-order chi connectivity index (χ0) is 17.6. The lowest BCUT2D eigenvalue weighted by molar-refractivity contribution is -0.120. The van der Waals surface area contributed by atoms with Gasteiger partial charge in [-0.15, -0.1) is 10.2 Å². The summed E-state index contributed by atoms with van der Waals surface area (Å²) in [6.45, 7) is 4.24. The van der Waals surface area contributed by atoms with E-state index >= 15 is 0 Å². The Bertz CT molecular complexity index is 829. The minimum absolute atomic E-state index is 0.0554. The largest absolute Gasteiger partial charge is 0.469 e. The van der Waals surface area contributed by atoms with E-state index in [1.807, 2.05) is 44.2 Å². The lowest BCUT2D eigenvalue weighted by atomic mass is 10.1. The van der Waals surface area contributed by atoms with Crippen molar-refractivity contribution in [2.24, 2.45) is 0 Å². The number of aryl methyl sites for hydroxylation is 1. The molecule has 2 heterocycles. The lowest BCUT2D eigenvalue weighted by Crippen LogP contribution is -2.32. The topological polar surface area (TPSA) is 81.2 Å². The number of carbonyl (C=O) groups is 1. The van der Waals surface area contributed by atoms with Crippen LogP contribution in [0.4, 0.5) is 0 Å². The van der Waals surface area contributed by atoms with Crippen LogP contribution in [0.5, 0.6) is 0 Å². The molecule has 7 heteroatoms. The van der Waals surface area contributed by atoms with Gasteiger partial charge in [-0.3, -0.25) is 4.79 Å². The van der Waals surface area contributed by atoms with Crippen molar-refractivity contribution in [2.75, 3.05) is 6.54 Å². The first-order chi connectivity index (χ1) is 12.1. The third-order valence-electron chi connectivity index (χ3n) is 3.70. The zero-order valence-electron chi connectivity index (χ0n) is 14.1. The molecular weight excluding hydrogens is 338 g/mol. The maximum absolute atomic E-state index is 12.2. The molecule has 25 heavy (non-hydrogen) atoms. The molecule has 1 N–H and O–H groups in total. The summed E-state index contributed by atoms with van der Waals surface area (Å²) in [4.78, 5) is 12.2. The molecule has 1 aromatic carbocycles. The fourth-order valence-corrected chi connectivity index (χ4v) is 3.00. The monoisotopic (exact) mass is 357 g/mol. The van der Waals surface area contributed by atoms with Crippen molar-refractivity contribution in [3.8, 4) is 11.5 Å². The number of amides is 1. The summed E-state index contributed by atoms with van der Waals surface area (Å²) in [6.07, 6.45) is 2.37. The molecule has 0 fully saturated rings. The first kappa shape index (κ1) is 17.3. The quantitative estimate of drug-likeness (QED) is 0.652. The Morgan fingerprint density at radius 2 is 2.04 bits per heavy atom. The summed E-state index contributed by atoms with van der Waals surface area (Å²) in [5.41, 5.74) is 1.96.